The molecule has 18 heavy (non-hydrogen) atoms. The highest BCUT2D eigenvalue weighted by atomic mass is 79.9. The van der Waals surface area contributed by atoms with Crippen molar-refractivity contribution >= 4 is 44.7 Å². The van der Waals surface area contributed by atoms with Gasteiger partial charge in [0.15, 0.2) is 0 Å². The van der Waals surface area contributed by atoms with E-state index >= 15 is 0 Å². The third-order valence-corrected chi connectivity index (χ3v) is 3.87. The zero-order valence-electron chi connectivity index (χ0n) is 10.1. The van der Waals surface area contributed by atoms with E-state index in [1.165, 1.54) is 12.1 Å². The Labute approximate surface area is 119 Å². The second-order valence-electron chi connectivity index (χ2n) is 4.13. The van der Waals surface area contributed by atoms with Crippen molar-refractivity contribution in [3.8, 4) is 0 Å². The summed E-state index contributed by atoms with van der Waals surface area (Å²) in [4.78, 5) is 12.2. The van der Waals surface area contributed by atoms with Crippen LogP contribution in [0.1, 0.15) is 20.3 Å². The maximum Gasteiger partial charge on any atom is 0.237 e. The molecular formula is C12H14BrFN2OS. The van der Waals surface area contributed by atoms with Crippen molar-refractivity contribution in [3.05, 3.63) is 28.5 Å². The number of hydrogen-bond acceptors (Lipinski definition) is 2. The number of carbonyl (C=O) groups is 1. The Balaban J connectivity index is 3.00. The number of anilines is 1. The second kappa shape index (κ2) is 5.75. The van der Waals surface area contributed by atoms with E-state index in [4.69, 9.17) is 18.0 Å². The summed E-state index contributed by atoms with van der Waals surface area (Å²) in [5.74, 6) is -0.914. The zero-order valence-corrected chi connectivity index (χ0v) is 12.5. The van der Waals surface area contributed by atoms with Crippen molar-refractivity contribution in [3.63, 3.8) is 0 Å². The third-order valence-electron chi connectivity index (χ3n) is 2.93. The van der Waals surface area contributed by atoms with E-state index in [9.17, 15) is 9.18 Å². The Morgan fingerprint density at radius 3 is 2.72 bits per heavy atom. The van der Waals surface area contributed by atoms with Gasteiger partial charge in [0.05, 0.1) is 16.1 Å². The molecule has 3 N–H and O–H groups in total. The van der Waals surface area contributed by atoms with Crippen molar-refractivity contribution < 1.29 is 9.18 Å². The largest absolute Gasteiger partial charge is 0.392 e. The number of carbonyl (C=O) groups excluding carboxylic acids is 1. The van der Waals surface area contributed by atoms with E-state index in [1.807, 2.05) is 0 Å². The van der Waals surface area contributed by atoms with Gasteiger partial charge in [-0.05, 0) is 31.5 Å². The number of rotatable bonds is 4. The van der Waals surface area contributed by atoms with Crippen LogP contribution in [-0.2, 0) is 4.79 Å². The lowest BCUT2D eigenvalue weighted by molar-refractivity contribution is -0.121. The first-order valence-electron chi connectivity index (χ1n) is 5.37. The fourth-order valence-electron chi connectivity index (χ4n) is 1.30. The zero-order chi connectivity index (χ0) is 13.9. The van der Waals surface area contributed by atoms with Gasteiger partial charge < -0.3 is 11.1 Å². The lowest BCUT2D eigenvalue weighted by Crippen LogP contribution is -2.43. The summed E-state index contributed by atoms with van der Waals surface area (Å²) < 4.78 is 14.2. The monoisotopic (exact) mass is 332 g/mol. The Bertz CT molecular complexity index is 495. The molecule has 0 heterocycles. The van der Waals surface area contributed by atoms with E-state index in [0.717, 1.165) is 0 Å². The van der Waals surface area contributed by atoms with Crippen LogP contribution in [-0.4, -0.2) is 10.9 Å². The van der Waals surface area contributed by atoms with E-state index in [0.29, 0.717) is 10.9 Å². The topological polar surface area (TPSA) is 55.1 Å². The summed E-state index contributed by atoms with van der Waals surface area (Å²) in [6.07, 6.45) is 0.448. The Kier molecular flexibility index (Phi) is 4.81. The smallest absolute Gasteiger partial charge is 0.237 e. The lowest BCUT2D eigenvalue weighted by atomic mass is 9.86. The van der Waals surface area contributed by atoms with Crippen molar-refractivity contribution in [2.45, 2.75) is 20.3 Å². The SMILES string of the molecule is CCC(C)(C(=O)Nc1cc(Br)ccc1F)C(N)=S. The van der Waals surface area contributed by atoms with Crippen molar-refractivity contribution in [1.29, 1.82) is 0 Å². The average molecular weight is 333 g/mol. The van der Waals surface area contributed by atoms with Gasteiger partial charge >= 0.3 is 0 Å². The summed E-state index contributed by atoms with van der Waals surface area (Å²) in [5.41, 5.74) is 4.69. The number of hydrogen-bond donors (Lipinski definition) is 2. The molecule has 0 spiro atoms. The molecule has 1 amide bonds. The molecule has 0 aliphatic rings. The summed E-state index contributed by atoms with van der Waals surface area (Å²) in [6.45, 7) is 3.44. The van der Waals surface area contributed by atoms with Crippen molar-refractivity contribution in [2.75, 3.05) is 5.32 Å². The van der Waals surface area contributed by atoms with Crippen LogP contribution in [0.4, 0.5) is 10.1 Å². The van der Waals surface area contributed by atoms with Gasteiger partial charge in [0, 0.05) is 4.47 Å². The van der Waals surface area contributed by atoms with Gasteiger partial charge in [-0.2, -0.15) is 0 Å². The van der Waals surface area contributed by atoms with Crippen molar-refractivity contribution in [2.24, 2.45) is 11.1 Å². The molecule has 0 bridgehead atoms. The van der Waals surface area contributed by atoms with Crippen LogP contribution in [0.15, 0.2) is 22.7 Å². The maximum absolute atomic E-state index is 13.5. The standard InChI is InChI=1S/C12H14BrFN2OS/c1-3-12(2,10(15)18)11(17)16-9-6-7(13)4-5-8(9)14/h4-6H,3H2,1-2H3,(H2,15,18)(H,16,17). The molecule has 98 valence electrons. The number of halogens is 2. The molecule has 0 aromatic heterocycles. The van der Waals surface area contributed by atoms with Gasteiger partial charge in [-0.1, -0.05) is 35.1 Å². The first kappa shape index (κ1) is 15.0. The highest BCUT2D eigenvalue weighted by Crippen LogP contribution is 2.26. The first-order chi connectivity index (χ1) is 8.31. The molecule has 0 aliphatic heterocycles. The predicted octanol–water partition coefficient (Wildman–Crippen LogP) is 3.23. The average Bonchev–Trinajstić information content (AvgIpc) is 2.32. The molecule has 3 nitrogen and oxygen atoms in total. The summed E-state index contributed by atoms with van der Waals surface area (Å²) in [7, 11) is 0. The lowest BCUT2D eigenvalue weighted by Gasteiger charge is -2.25. The van der Waals surface area contributed by atoms with Gasteiger partial charge in [-0.15, -0.1) is 0 Å². The van der Waals surface area contributed by atoms with Crippen LogP contribution in [0.5, 0.6) is 0 Å². The fourth-order valence-corrected chi connectivity index (χ4v) is 1.90. The van der Waals surface area contributed by atoms with Crippen LogP contribution in [0.2, 0.25) is 0 Å². The first-order valence-corrected chi connectivity index (χ1v) is 6.57. The van der Waals surface area contributed by atoms with Gasteiger partial charge in [-0.3, -0.25) is 4.79 Å². The van der Waals surface area contributed by atoms with E-state index in [1.54, 1.807) is 19.9 Å². The summed E-state index contributed by atoms with van der Waals surface area (Å²) >= 11 is 8.11. The summed E-state index contributed by atoms with van der Waals surface area (Å²) in [6, 6.07) is 4.31. The molecule has 6 heteroatoms. The minimum absolute atomic E-state index is 0.0953. The molecule has 0 fully saturated rings. The van der Waals surface area contributed by atoms with Crippen LogP contribution in [0, 0.1) is 11.2 Å². The van der Waals surface area contributed by atoms with E-state index in [2.05, 4.69) is 21.2 Å². The van der Waals surface area contributed by atoms with Crippen LogP contribution in [0.3, 0.4) is 0 Å². The second-order valence-corrected chi connectivity index (χ2v) is 5.48. The summed E-state index contributed by atoms with van der Waals surface area (Å²) in [5, 5.41) is 2.51. The van der Waals surface area contributed by atoms with Crippen molar-refractivity contribution in [1.82, 2.24) is 0 Å². The fraction of sp³-hybridized carbons (Fsp3) is 0.333. The molecule has 0 saturated heterocycles. The van der Waals surface area contributed by atoms with Gasteiger partial charge in [0.25, 0.3) is 0 Å². The number of amides is 1. The quantitative estimate of drug-likeness (QED) is 0.832. The molecule has 1 aromatic rings. The minimum atomic E-state index is -0.982. The van der Waals surface area contributed by atoms with Crippen LogP contribution in [0.25, 0.3) is 0 Å². The number of nitrogens with two attached hydrogens (primary N) is 1. The Morgan fingerprint density at radius 1 is 1.61 bits per heavy atom. The molecule has 0 aliphatic carbocycles. The van der Waals surface area contributed by atoms with Gasteiger partial charge in [0.2, 0.25) is 5.91 Å². The maximum atomic E-state index is 13.5. The third kappa shape index (κ3) is 3.05. The highest BCUT2D eigenvalue weighted by Gasteiger charge is 2.34. The normalized spacial score (nSPS) is 13.8. The number of nitrogens with one attached hydrogen (secondary N) is 1. The molecule has 1 atom stereocenters. The minimum Gasteiger partial charge on any atom is -0.392 e. The molecule has 1 unspecified atom stereocenters. The molecule has 0 radical (unpaired) electrons. The van der Waals surface area contributed by atoms with Gasteiger partial charge in [-0.25, -0.2) is 4.39 Å². The predicted molar refractivity (Wildman–Crippen MR) is 77.9 cm³/mol. The molecular weight excluding hydrogens is 319 g/mol. The highest BCUT2D eigenvalue weighted by molar-refractivity contribution is 9.10. The molecule has 1 aromatic carbocycles. The van der Waals surface area contributed by atoms with Crippen LogP contribution < -0.4 is 11.1 Å². The molecule has 1 rings (SSSR count). The van der Waals surface area contributed by atoms with Crippen LogP contribution >= 0.6 is 28.1 Å². The Morgan fingerprint density at radius 2 is 2.22 bits per heavy atom. The van der Waals surface area contributed by atoms with E-state index in [-0.39, 0.29) is 10.7 Å². The van der Waals surface area contributed by atoms with E-state index < -0.39 is 17.1 Å². The molecule has 0 saturated carbocycles. The number of benzene rings is 1. The van der Waals surface area contributed by atoms with Gasteiger partial charge in [0.1, 0.15) is 5.82 Å². The Hall–Kier alpha value is -1.01. The number of thiocarbonyl (C=S) groups is 1.